The first-order valence-corrected chi connectivity index (χ1v) is 8.92. The normalized spacial score (nSPS) is 20.7. The van der Waals surface area contributed by atoms with Crippen molar-refractivity contribution in [2.45, 2.75) is 38.7 Å². The number of amides is 2. The zero-order chi connectivity index (χ0) is 16.9. The van der Waals surface area contributed by atoms with Crippen LogP contribution < -0.4 is 5.32 Å². The number of hydrogen-bond acceptors (Lipinski definition) is 3. The van der Waals surface area contributed by atoms with Crippen molar-refractivity contribution in [1.82, 2.24) is 10.2 Å². The van der Waals surface area contributed by atoms with Crippen LogP contribution in [0.25, 0.3) is 0 Å². The monoisotopic (exact) mass is 330 g/mol. The lowest BCUT2D eigenvalue weighted by molar-refractivity contribution is -0.136. The van der Waals surface area contributed by atoms with Gasteiger partial charge in [-0.2, -0.15) is 0 Å². The molecule has 3 rings (SSSR count). The Morgan fingerprint density at radius 1 is 1.08 bits per heavy atom. The molecule has 1 atom stereocenters. The van der Waals surface area contributed by atoms with Gasteiger partial charge in [0.15, 0.2) is 0 Å². The molecular formula is C19H26N2O3. The van der Waals surface area contributed by atoms with E-state index in [9.17, 15) is 9.59 Å². The minimum absolute atomic E-state index is 0.0504. The van der Waals surface area contributed by atoms with Crippen LogP contribution in [-0.2, 0) is 22.6 Å². The molecule has 2 fully saturated rings. The molecule has 1 aromatic rings. The number of aliphatic hydroxyl groups excluding tert-OH is 1. The number of aliphatic hydroxyl groups is 1. The number of carbonyl (C=O) groups excluding carboxylic acids is 2. The molecule has 5 nitrogen and oxygen atoms in total. The number of nitrogens with zero attached hydrogens (tertiary/aromatic N) is 1. The van der Waals surface area contributed by atoms with Crippen LogP contribution in [0.3, 0.4) is 0 Å². The Labute approximate surface area is 143 Å². The zero-order valence-corrected chi connectivity index (χ0v) is 14.0. The van der Waals surface area contributed by atoms with Gasteiger partial charge in [0.2, 0.25) is 11.8 Å². The summed E-state index contributed by atoms with van der Waals surface area (Å²) in [6.45, 7) is 2.03. The summed E-state index contributed by atoms with van der Waals surface area (Å²) < 4.78 is 0. The molecule has 0 spiro atoms. The number of carbonyl (C=O) groups is 2. The third kappa shape index (κ3) is 4.35. The molecule has 1 aliphatic carbocycles. The summed E-state index contributed by atoms with van der Waals surface area (Å²) in [5.41, 5.74) is 2.03. The van der Waals surface area contributed by atoms with Gasteiger partial charge in [-0.15, -0.1) is 0 Å². The van der Waals surface area contributed by atoms with Gasteiger partial charge in [-0.3, -0.25) is 9.59 Å². The lowest BCUT2D eigenvalue weighted by Gasteiger charge is -2.32. The van der Waals surface area contributed by atoms with Crippen molar-refractivity contribution in [3.8, 4) is 0 Å². The molecule has 1 heterocycles. The van der Waals surface area contributed by atoms with Gasteiger partial charge in [-0.05, 0) is 43.2 Å². The maximum Gasteiger partial charge on any atom is 0.225 e. The molecule has 5 heteroatoms. The summed E-state index contributed by atoms with van der Waals surface area (Å²) >= 11 is 0. The van der Waals surface area contributed by atoms with E-state index in [1.54, 1.807) is 0 Å². The molecule has 2 aliphatic rings. The van der Waals surface area contributed by atoms with Gasteiger partial charge in [0.05, 0.1) is 12.5 Å². The molecule has 0 bridgehead atoms. The van der Waals surface area contributed by atoms with E-state index in [0.29, 0.717) is 13.1 Å². The number of nitrogens with one attached hydrogen (secondary N) is 1. The predicted octanol–water partition coefficient (Wildman–Crippen LogP) is 1.49. The van der Waals surface area contributed by atoms with E-state index < -0.39 is 0 Å². The Morgan fingerprint density at radius 3 is 2.46 bits per heavy atom. The van der Waals surface area contributed by atoms with Crippen LogP contribution in [0.2, 0.25) is 0 Å². The summed E-state index contributed by atoms with van der Waals surface area (Å²) in [6.07, 6.45) is 4.59. The maximum absolute atomic E-state index is 12.4. The summed E-state index contributed by atoms with van der Waals surface area (Å²) in [6, 6.07) is 7.77. The number of rotatable bonds is 6. The summed E-state index contributed by atoms with van der Waals surface area (Å²) in [5, 5.41) is 12.0. The second kappa shape index (κ2) is 7.79. The Hall–Kier alpha value is -1.88. The van der Waals surface area contributed by atoms with Crippen LogP contribution in [-0.4, -0.2) is 41.5 Å². The van der Waals surface area contributed by atoms with Crippen LogP contribution in [0.15, 0.2) is 24.3 Å². The topological polar surface area (TPSA) is 69.6 Å². The van der Waals surface area contributed by atoms with Crippen molar-refractivity contribution < 1.29 is 14.7 Å². The van der Waals surface area contributed by atoms with Crippen LogP contribution >= 0.6 is 0 Å². The van der Waals surface area contributed by atoms with Gasteiger partial charge >= 0.3 is 0 Å². The van der Waals surface area contributed by atoms with Crippen LogP contribution in [0.5, 0.6) is 0 Å². The van der Waals surface area contributed by atoms with Crippen molar-refractivity contribution in [1.29, 1.82) is 0 Å². The molecule has 1 aliphatic heterocycles. The molecule has 24 heavy (non-hydrogen) atoms. The van der Waals surface area contributed by atoms with Crippen molar-refractivity contribution in [2.75, 3.05) is 19.6 Å². The Morgan fingerprint density at radius 2 is 1.79 bits per heavy atom. The van der Waals surface area contributed by atoms with Gasteiger partial charge in [0.1, 0.15) is 0 Å². The highest BCUT2D eigenvalue weighted by atomic mass is 16.3. The zero-order valence-electron chi connectivity index (χ0n) is 14.0. The van der Waals surface area contributed by atoms with Crippen molar-refractivity contribution in [2.24, 2.45) is 11.8 Å². The van der Waals surface area contributed by atoms with E-state index in [1.807, 2.05) is 29.2 Å². The Kier molecular flexibility index (Phi) is 5.51. The summed E-state index contributed by atoms with van der Waals surface area (Å²) in [4.78, 5) is 26.4. The lowest BCUT2D eigenvalue weighted by Crippen LogP contribution is -2.46. The molecular weight excluding hydrogens is 304 g/mol. The quantitative estimate of drug-likeness (QED) is 0.830. The SMILES string of the molecule is O=C(NCCc1ccc(CO)cc1)C1CCCN(C(=O)C2CC2)C1. The second-order valence-electron chi connectivity index (χ2n) is 6.91. The van der Waals surface area contributed by atoms with E-state index in [1.165, 1.54) is 0 Å². The maximum atomic E-state index is 12.4. The highest BCUT2D eigenvalue weighted by Crippen LogP contribution is 2.32. The van der Waals surface area contributed by atoms with Crippen molar-refractivity contribution in [3.05, 3.63) is 35.4 Å². The van der Waals surface area contributed by atoms with Gasteiger partial charge in [-0.25, -0.2) is 0 Å². The standard InChI is InChI=1S/C19H26N2O3/c22-13-15-5-3-14(4-6-15)9-10-20-18(23)17-2-1-11-21(12-17)19(24)16-7-8-16/h3-6,16-17,22H,1-2,7-13H2,(H,20,23). The fourth-order valence-electron chi connectivity index (χ4n) is 3.27. The predicted molar refractivity (Wildman–Crippen MR) is 91.1 cm³/mol. The molecule has 2 amide bonds. The average molecular weight is 330 g/mol. The van der Waals surface area contributed by atoms with E-state index in [-0.39, 0.29) is 30.3 Å². The highest BCUT2D eigenvalue weighted by Gasteiger charge is 2.36. The fourth-order valence-corrected chi connectivity index (χ4v) is 3.27. The number of piperidine rings is 1. The van der Waals surface area contributed by atoms with E-state index in [2.05, 4.69) is 5.32 Å². The Balaban J connectivity index is 1.43. The first-order chi connectivity index (χ1) is 11.7. The molecule has 130 valence electrons. The molecule has 1 saturated heterocycles. The molecule has 0 radical (unpaired) electrons. The third-order valence-corrected chi connectivity index (χ3v) is 4.95. The minimum Gasteiger partial charge on any atom is -0.392 e. The molecule has 1 aromatic carbocycles. The number of hydrogen-bond donors (Lipinski definition) is 2. The van der Waals surface area contributed by atoms with Crippen molar-refractivity contribution >= 4 is 11.8 Å². The lowest BCUT2D eigenvalue weighted by atomic mass is 9.96. The van der Waals surface area contributed by atoms with Crippen LogP contribution in [0.4, 0.5) is 0 Å². The van der Waals surface area contributed by atoms with Gasteiger partial charge in [-0.1, -0.05) is 24.3 Å². The average Bonchev–Trinajstić information content (AvgIpc) is 3.47. The third-order valence-electron chi connectivity index (χ3n) is 4.95. The molecule has 1 saturated carbocycles. The second-order valence-corrected chi connectivity index (χ2v) is 6.91. The summed E-state index contributed by atoms with van der Waals surface area (Å²) in [5.74, 6) is 0.471. The van der Waals surface area contributed by atoms with E-state index in [4.69, 9.17) is 5.11 Å². The first kappa shape index (κ1) is 17.0. The fraction of sp³-hybridized carbons (Fsp3) is 0.579. The van der Waals surface area contributed by atoms with Gasteiger partial charge in [0, 0.05) is 25.6 Å². The summed E-state index contributed by atoms with van der Waals surface area (Å²) in [7, 11) is 0. The largest absolute Gasteiger partial charge is 0.392 e. The van der Waals surface area contributed by atoms with Crippen molar-refractivity contribution in [3.63, 3.8) is 0 Å². The molecule has 2 N–H and O–H groups in total. The Bertz CT molecular complexity index is 581. The van der Waals surface area contributed by atoms with Gasteiger partial charge < -0.3 is 15.3 Å². The van der Waals surface area contributed by atoms with E-state index >= 15 is 0 Å². The highest BCUT2D eigenvalue weighted by molar-refractivity contribution is 5.83. The first-order valence-electron chi connectivity index (χ1n) is 8.92. The minimum atomic E-state index is -0.0711. The molecule has 1 unspecified atom stereocenters. The van der Waals surface area contributed by atoms with E-state index in [0.717, 1.165) is 49.8 Å². The van der Waals surface area contributed by atoms with Gasteiger partial charge in [0.25, 0.3) is 0 Å². The number of benzene rings is 1. The van der Waals surface area contributed by atoms with Crippen LogP contribution in [0.1, 0.15) is 36.8 Å². The molecule has 0 aromatic heterocycles. The number of likely N-dealkylation sites (tertiary alicyclic amines) is 1. The van der Waals surface area contributed by atoms with Crippen LogP contribution in [0, 0.1) is 11.8 Å². The smallest absolute Gasteiger partial charge is 0.225 e.